The van der Waals surface area contributed by atoms with Crippen LogP contribution < -0.4 is 10.2 Å². The SMILES string of the molecule is CCCc1cc(CNC)cc(N2CCCC(C)(C)C2)n1. The zero-order valence-electron chi connectivity index (χ0n) is 13.5. The summed E-state index contributed by atoms with van der Waals surface area (Å²) in [6.07, 6.45) is 4.82. The molecule has 0 spiro atoms. The Morgan fingerprint density at radius 2 is 2.15 bits per heavy atom. The minimum absolute atomic E-state index is 0.407. The van der Waals surface area contributed by atoms with Crippen molar-refractivity contribution < 1.29 is 0 Å². The van der Waals surface area contributed by atoms with Gasteiger partial charge in [0.15, 0.2) is 0 Å². The number of pyridine rings is 1. The molecule has 0 saturated carbocycles. The van der Waals surface area contributed by atoms with Gasteiger partial charge in [0.05, 0.1) is 0 Å². The highest BCUT2D eigenvalue weighted by molar-refractivity contribution is 5.43. The largest absolute Gasteiger partial charge is 0.356 e. The van der Waals surface area contributed by atoms with Crippen molar-refractivity contribution in [2.45, 2.75) is 53.0 Å². The number of aromatic nitrogens is 1. The summed E-state index contributed by atoms with van der Waals surface area (Å²) in [6.45, 7) is 10.1. The molecule has 3 heteroatoms. The van der Waals surface area contributed by atoms with Crippen molar-refractivity contribution in [3.63, 3.8) is 0 Å². The van der Waals surface area contributed by atoms with Crippen LogP contribution >= 0.6 is 0 Å². The van der Waals surface area contributed by atoms with E-state index in [4.69, 9.17) is 4.98 Å². The maximum Gasteiger partial charge on any atom is 0.129 e. The molecule has 0 unspecified atom stereocenters. The summed E-state index contributed by atoms with van der Waals surface area (Å²) in [5, 5.41) is 3.25. The molecule has 0 radical (unpaired) electrons. The molecule has 0 bridgehead atoms. The van der Waals surface area contributed by atoms with Gasteiger partial charge < -0.3 is 10.2 Å². The number of piperidine rings is 1. The quantitative estimate of drug-likeness (QED) is 0.893. The topological polar surface area (TPSA) is 28.2 Å². The predicted molar refractivity (Wildman–Crippen MR) is 86.2 cm³/mol. The van der Waals surface area contributed by atoms with Gasteiger partial charge >= 0.3 is 0 Å². The van der Waals surface area contributed by atoms with Gasteiger partial charge in [-0.1, -0.05) is 27.2 Å². The first kappa shape index (κ1) is 15.3. The minimum atomic E-state index is 0.407. The van der Waals surface area contributed by atoms with Crippen LogP contribution in [0.1, 0.15) is 51.3 Å². The van der Waals surface area contributed by atoms with Gasteiger partial charge in [0.25, 0.3) is 0 Å². The molecule has 3 nitrogen and oxygen atoms in total. The van der Waals surface area contributed by atoms with Crippen LogP contribution in [0.4, 0.5) is 5.82 Å². The number of nitrogens with zero attached hydrogens (tertiary/aromatic N) is 2. The summed E-state index contributed by atoms with van der Waals surface area (Å²) >= 11 is 0. The molecule has 2 heterocycles. The molecule has 1 aliphatic heterocycles. The van der Waals surface area contributed by atoms with E-state index < -0.39 is 0 Å². The van der Waals surface area contributed by atoms with Gasteiger partial charge in [-0.25, -0.2) is 4.98 Å². The van der Waals surface area contributed by atoms with E-state index in [1.165, 1.54) is 29.9 Å². The van der Waals surface area contributed by atoms with Gasteiger partial charge in [0.2, 0.25) is 0 Å². The first-order chi connectivity index (χ1) is 9.54. The average molecular weight is 275 g/mol. The highest BCUT2D eigenvalue weighted by Gasteiger charge is 2.27. The predicted octanol–water partition coefficient (Wildman–Crippen LogP) is 3.38. The van der Waals surface area contributed by atoms with Crippen molar-refractivity contribution in [3.05, 3.63) is 23.4 Å². The highest BCUT2D eigenvalue weighted by Crippen LogP contribution is 2.31. The summed E-state index contributed by atoms with van der Waals surface area (Å²) in [5.41, 5.74) is 2.99. The highest BCUT2D eigenvalue weighted by atomic mass is 15.2. The second kappa shape index (κ2) is 6.57. The van der Waals surface area contributed by atoms with Crippen LogP contribution in [0, 0.1) is 5.41 Å². The number of hydrogen-bond acceptors (Lipinski definition) is 3. The lowest BCUT2D eigenvalue weighted by Crippen LogP contribution is -2.40. The van der Waals surface area contributed by atoms with Crippen LogP contribution in [0.25, 0.3) is 0 Å². The van der Waals surface area contributed by atoms with Crippen molar-refractivity contribution in [1.29, 1.82) is 0 Å². The molecule has 1 fully saturated rings. The van der Waals surface area contributed by atoms with Gasteiger partial charge in [-0.3, -0.25) is 0 Å². The Hall–Kier alpha value is -1.09. The van der Waals surface area contributed by atoms with Crippen molar-refractivity contribution in [3.8, 4) is 0 Å². The van der Waals surface area contributed by atoms with Crippen LogP contribution in [0.5, 0.6) is 0 Å². The third kappa shape index (κ3) is 3.95. The number of rotatable bonds is 5. The maximum atomic E-state index is 4.89. The molecule has 0 atom stereocenters. The van der Waals surface area contributed by atoms with Crippen molar-refractivity contribution in [1.82, 2.24) is 10.3 Å². The van der Waals surface area contributed by atoms with E-state index in [2.05, 4.69) is 43.1 Å². The third-order valence-corrected chi connectivity index (χ3v) is 4.04. The zero-order valence-corrected chi connectivity index (χ0v) is 13.5. The second-order valence-electron chi connectivity index (χ2n) is 6.79. The van der Waals surface area contributed by atoms with Crippen LogP contribution in [0.3, 0.4) is 0 Å². The Morgan fingerprint density at radius 3 is 2.80 bits per heavy atom. The van der Waals surface area contributed by atoms with E-state index in [0.717, 1.165) is 32.5 Å². The van der Waals surface area contributed by atoms with E-state index >= 15 is 0 Å². The number of nitrogens with one attached hydrogen (secondary N) is 1. The lowest BCUT2D eigenvalue weighted by Gasteiger charge is -2.39. The fraction of sp³-hybridized carbons (Fsp3) is 0.706. The molecule has 1 N–H and O–H groups in total. The van der Waals surface area contributed by atoms with Crippen molar-refractivity contribution in [2.75, 3.05) is 25.0 Å². The molecule has 1 aromatic heterocycles. The Morgan fingerprint density at radius 1 is 1.35 bits per heavy atom. The second-order valence-corrected chi connectivity index (χ2v) is 6.79. The monoisotopic (exact) mass is 275 g/mol. The number of aryl methyl sites for hydroxylation is 1. The van der Waals surface area contributed by atoms with Crippen molar-refractivity contribution >= 4 is 5.82 Å². The molecule has 1 aromatic rings. The van der Waals surface area contributed by atoms with E-state index in [1.807, 2.05) is 7.05 Å². The molecular formula is C17H29N3. The van der Waals surface area contributed by atoms with Gasteiger partial charge in [-0.2, -0.15) is 0 Å². The Kier molecular flexibility index (Phi) is 5.03. The van der Waals surface area contributed by atoms with Gasteiger partial charge in [0, 0.05) is 25.3 Å². The lowest BCUT2D eigenvalue weighted by molar-refractivity contribution is 0.292. The fourth-order valence-corrected chi connectivity index (χ4v) is 3.10. The molecule has 0 amide bonds. The minimum Gasteiger partial charge on any atom is -0.356 e. The van der Waals surface area contributed by atoms with E-state index in [9.17, 15) is 0 Å². The van der Waals surface area contributed by atoms with Crippen LogP contribution in [0.2, 0.25) is 0 Å². The number of anilines is 1. The molecule has 2 rings (SSSR count). The van der Waals surface area contributed by atoms with Gasteiger partial charge in [-0.15, -0.1) is 0 Å². The molecule has 1 aliphatic rings. The molecule has 20 heavy (non-hydrogen) atoms. The van der Waals surface area contributed by atoms with Crippen LogP contribution in [0.15, 0.2) is 12.1 Å². The van der Waals surface area contributed by atoms with Gasteiger partial charge in [-0.05, 0) is 49.4 Å². The molecule has 112 valence electrons. The third-order valence-electron chi connectivity index (χ3n) is 4.04. The molecule has 1 saturated heterocycles. The van der Waals surface area contributed by atoms with E-state index in [1.54, 1.807) is 0 Å². The molecular weight excluding hydrogens is 246 g/mol. The van der Waals surface area contributed by atoms with E-state index in [0.29, 0.717) is 5.41 Å². The van der Waals surface area contributed by atoms with Crippen LogP contribution in [-0.4, -0.2) is 25.1 Å². The summed E-state index contributed by atoms with van der Waals surface area (Å²) in [7, 11) is 2.00. The molecule has 0 aliphatic carbocycles. The fourth-order valence-electron chi connectivity index (χ4n) is 3.10. The molecule has 0 aromatic carbocycles. The Bertz CT molecular complexity index is 416. The zero-order chi connectivity index (χ0) is 14.6. The maximum absolute atomic E-state index is 4.89. The summed E-state index contributed by atoms with van der Waals surface area (Å²) in [4.78, 5) is 7.37. The standard InChI is InChI=1S/C17H29N3/c1-5-7-15-10-14(12-18-4)11-16(19-15)20-9-6-8-17(2,3)13-20/h10-11,18H,5-9,12-13H2,1-4H3. The van der Waals surface area contributed by atoms with E-state index in [-0.39, 0.29) is 0 Å². The lowest BCUT2D eigenvalue weighted by atomic mass is 9.84. The van der Waals surface area contributed by atoms with Crippen LogP contribution in [-0.2, 0) is 13.0 Å². The number of hydrogen-bond donors (Lipinski definition) is 1. The first-order valence-corrected chi connectivity index (χ1v) is 7.93. The normalized spacial score (nSPS) is 18.3. The van der Waals surface area contributed by atoms with Crippen molar-refractivity contribution in [2.24, 2.45) is 5.41 Å². The Labute approximate surface area is 123 Å². The van der Waals surface area contributed by atoms with Gasteiger partial charge in [0.1, 0.15) is 5.82 Å². The smallest absolute Gasteiger partial charge is 0.129 e. The summed E-state index contributed by atoms with van der Waals surface area (Å²) in [5.74, 6) is 1.17. The Balaban J connectivity index is 2.24. The first-order valence-electron chi connectivity index (χ1n) is 7.93. The summed E-state index contributed by atoms with van der Waals surface area (Å²) < 4.78 is 0. The average Bonchev–Trinajstić information content (AvgIpc) is 2.38. The summed E-state index contributed by atoms with van der Waals surface area (Å²) in [6, 6.07) is 4.51.